The number of carbonyl (C=O) groups is 3. The Morgan fingerprint density at radius 2 is 1.97 bits per heavy atom. The fourth-order valence-corrected chi connectivity index (χ4v) is 7.96. The zero-order valence-electron chi connectivity index (χ0n) is 18.1. The quantitative estimate of drug-likeness (QED) is 0.415. The third-order valence-corrected chi connectivity index (χ3v) is 10.1. The normalized spacial score (nSPS) is 35.6. The summed E-state index contributed by atoms with van der Waals surface area (Å²) in [5, 5.41) is 22.6. The molecule has 0 bridgehead atoms. The fourth-order valence-electron chi connectivity index (χ4n) is 5.07. The van der Waals surface area contributed by atoms with Crippen LogP contribution in [0.4, 0.5) is 0 Å². The maximum atomic E-state index is 12.9. The molecule has 3 fully saturated rings. The number of hydrogen-bond acceptors (Lipinski definition) is 8. The average Bonchev–Trinajstić information content (AvgIpc) is 3.26. The molecule has 13 heteroatoms. The van der Waals surface area contributed by atoms with E-state index >= 15 is 0 Å². The number of fused-ring (bicyclic) bond motifs is 1. The standard InChI is InChI=1S/C19H28N4O7S2/c1-9-14-13(10(2)24)18(26)23(14)15(19(27)28)16(9)31-11-7-12(20-8-11)17(25)22-6-4-5-21(3)32(22,29)30/h9-14,20,24H,4-8H2,1-3H3,(H,27,28)/t9-,10-,11+,12+,13-,14?/m1/s1. The molecule has 11 nitrogen and oxygen atoms in total. The predicted octanol–water partition coefficient (Wildman–Crippen LogP) is -0.987. The summed E-state index contributed by atoms with van der Waals surface area (Å²) in [6, 6.07) is -1.07. The largest absolute Gasteiger partial charge is 0.477 e. The minimum Gasteiger partial charge on any atom is -0.477 e. The summed E-state index contributed by atoms with van der Waals surface area (Å²) in [4.78, 5) is 39.2. The van der Waals surface area contributed by atoms with Crippen LogP contribution in [0, 0.1) is 11.8 Å². The van der Waals surface area contributed by atoms with Crippen molar-refractivity contribution < 1.29 is 33.0 Å². The molecular weight excluding hydrogens is 460 g/mol. The third kappa shape index (κ3) is 3.54. The Kier molecular flexibility index (Phi) is 6.07. The zero-order chi connectivity index (χ0) is 23.5. The molecule has 0 aromatic heterocycles. The highest BCUT2D eigenvalue weighted by Crippen LogP contribution is 2.51. The molecule has 0 saturated carbocycles. The molecule has 2 amide bonds. The Labute approximate surface area is 191 Å². The van der Waals surface area contributed by atoms with Gasteiger partial charge in [0.05, 0.1) is 24.1 Å². The lowest BCUT2D eigenvalue weighted by Gasteiger charge is -2.46. The van der Waals surface area contributed by atoms with Crippen LogP contribution in [-0.4, -0.2) is 100 Å². The van der Waals surface area contributed by atoms with Crippen molar-refractivity contribution in [3.05, 3.63) is 10.6 Å². The van der Waals surface area contributed by atoms with Gasteiger partial charge in [-0.15, -0.1) is 11.8 Å². The second kappa shape index (κ2) is 8.28. The van der Waals surface area contributed by atoms with Gasteiger partial charge < -0.3 is 20.4 Å². The number of aliphatic carboxylic acids is 1. The second-order valence-corrected chi connectivity index (χ2v) is 12.1. The molecule has 0 aromatic carbocycles. The zero-order valence-corrected chi connectivity index (χ0v) is 19.7. The van der Waals surface area contributed by atoms with Crippen LogP contribution in [0.5, 0.6) is 0 Å². The monoisotopic (exact) mass is 488 g/mol. The molecule has 4 aliphatic heterocycles. The number of β-lactam (4-membered cyclic amide) rings is 1. The Morgan fingerprint density at radius 1 is 1.28 bits per heavy atom. The van der Waals surface area contributed by atoms with Crippen LogP contribution < -0.4 is 5.32 Å². The number of rotatable bonds is 5. The summed E-state index contributed by atoms with van der Waals surface area (Å²) in [5.41, 5.74) is -0.0515. The van der Waals surface area contributed by atoms with Crippen LogP contribution in [0.1, 0.15) is 26.7 Å². The highest BCUT2D eigenvalue weighted by atomic mass is 32.2. The SMILES string of the molecule is C[C@H]1C(S[C@@H]2CN[C@H](C(=O)N3CCCN(C)S3(=O)=O)C2)=C(C(=O)O)N2C(=O)[C@H]([C@@H](C)O)C12. The van der Waals surface area contributed by atoms with Crippen molar-refractivity contribution in [3.63, 3.8) is 0 Å². The van der Waals surface area contributed by atoms with Gasteiger partial charge in [0.1, 0.15) is 5.70 Å². The molecule has 32 heavy (non-hydrogen) atoms. The van der Waals surface area contributed by atoms with Crippen molar-refractivity contribution in [1.82, 2.24) is 18.8 Å². The summed E-state index contributed by atoms with van der Waals surface area (Å²) in [6.45, 7) is 4.30. The fraction of sp³-hybridized carbons (Fsp3) is 0.737. The molecule has 0 aromatic rings. The molecule has 0 spiro atoms. The molecular formula is C19H28N4O7S2. The first-order valence-electron chi connectivity index (χ1n) is 10.6. The lowest BCUT2D eigenvalue weighted by molar-refractivity contribution is -0.163. The van der Waals surface area contributed by atoms with Crippen LogP contribution in [0.25, 0.3) is 0 Å². The van der Waals surface area contributed by atoms with Crippen molar-refractivity contribution in [2.24, 2.45) is 11.8 Å². The van der Waals surface area contributed by atoms with E-state index < -0.39 is 46.2 Å². The van der Waals surface area contributed by atoms with Crippen LogP contribution in [-0.2, 0) is 24.6 Å². The van der Waals surface area contributed by atoms with Crippen molar-refractivity contribution in [2.45, 2.75) is 50.1 Å². The topological polar surface area (TPSA) is 148 Å². The Morgan fingerprint density at radius 3 is 2.59 bits per heavy atom. The minimum absolute atomic E-state index is 0.0515. The molecule has 6 atom stereocenters. The van der Waals surface area contributed by atoms with E-state index in [4.69, 9.17) is 0 Å². The van der Waals surface area contributed by atoms with Gasteiger partial charge in [0.25, 0.3) is 5.91 Å². The molecule has 4 rings (SSSR count). The van der Waals surface area contributed by atoms with E-state index in [1.165, 1.54) is 34.9 Å². The molecule has 3 N–H and O–H groups in total. The summed E-state index contributed by atoms with van der Waals surface area (Å²) in [6.07, 6.45) is 0.0419. The van der Waals surface area contributed by atoms with Crippen LogP contribution >= 0.6 is 11.8 Å². The molecule has 3 saturated heterocycles. The summed E-state index contributed by atoms with van der Waals surface area (Å²) in [7, 11) is -2.37. The molecule has 0 aliphatic carbocycles. The lowest BCUT2D eigenvalue weighted by atomic mass is 9.79. The van der Waals surface area contributed by atoms with E-state index in [0.29, 0.717) is 30.8 Å². The highest BCUT2D eigenvalue weighted by Gasteiger charge is 2.60. The van der Waals surface area contributed by atoms with Gasteiger partial charge in [-0.25, -0.2) is 9.10 Å². The van der Waals surface area contributed by atoms with E-state index in [-0.39, 0.29) is 29.3 Å². The number of carboxylic acid groups (broad SMARTS) is 1. The molecule has 4 aliphatic rings. The predicted molar refractivity (Wildman–Crippen MR) is 115 cm³/mol. The minimum atomic E-state index is -3.82. The maximum absolute atomic E-state index is 12.9. The highest BCUT2D eigenvalue weighted by molar-refractivity contribution is 8.03. The van der Waals surface area contributed by atoms with E-state index in [1.54, 1.807) is 0 Å². The number of amides is 2. The molecule has 178 valence electrons. The van der Waals surface area contributed by atoms with E-state index in [1.807, 2.05) is 6.92 Å². The number of hydrogen-bond donors (Lipinski definition) is 3. The number of nitrogens with zero attached hydrogens (tertiary/aromatic N) is 3. The summed E-state index contributed by atoms with van der Waals surface area (Å²) >= 11 is 1.32. The summed E-state index contributed by atoms with van der Waals surface area (Å²) < 4.78 is 27.1. The third-order valence-electron chi connectivity index (χ3n) is 6.75. The summed E-state index contributed by atoms with van der Waals surface area (Å²) in [5.74, 6) is -2.97. The number of thioether (sulfide) groups is 1. The molecule has 4 heterocycles. The van der Waals surface area contributed by atoms with Crippen molar-refractivity contribution in [1.29, 1.82) is 0 Å². The smallest absolute Gasteiger partial charge is 0.353 e. The van der Waals surface area contributed by atoms with Crippen molar-refractivity contribution in [3.8, 4) is 0 Å². The first kappa shape index (κ1) is 23.5. The number of aliphatic hydroxyl groups is 1. The van der Waals surface area contributed by atoms with E-state index in [0.717, 1.165) is 4.31 Å². The van der Waals surface area contributed by atoms with Crippen molar-refractivity contribution in [2.75, 3.05) is 26.7 Å². The molecule has 0 radical (unpaired) electrons. The van der Waals surface area contributed by atoms with Gasteiger partial charge in [-0.1, -0.05) is 6.92 Å². The van der Waals surface area contributed by atoms with Gasteiger partial charge in [-0.3, -0.25) is 9.59 Å². The Hall–Kier alpha value is -1.67. The van der Waals surface area contributed by atoms with Gasteiger partial charge in [0.15, 0.2) is 0 Å². The number of aliphatic hydroxyl groups excluding tert-OH is 1. The van der Waals surface area contributed by atoms with Crippen molar-refractivity contribution >= 4 is 39.8 Å². The first-order valence-corrected chi connectivity index (χ1v) is 12.9. The van der Waals surface area contributed by atoms with Crippen LogP contribution in [0.2, 0.25) is 0 Å². The Balaban J connectivity index is 1.48. The average molecular weight is 489 g/mol. The van der Waals surface area contributed by atoms with Gasteiger partial charge in [0.2, 0.25) is 5.91 Å². The Bertz CT molecular complexity index is 982. The van der Waals surface area contributed by atoms with Crippen LogP contribution in [0.3, 0.4) is 0 Å². The number of carboxylic acids is 1. The van der Waals surface area contributed by atoms with Gasteiger partial charge >= 0.3 is 16.2 Å². The van der Waals surface area contributed by atoms with Gasteiger partial charge in [-0.2, -0.15) is 12.7 Å². The van der Waals surface area contributed by atoms with Gasteiger partial charge in [0, 0.05) is 42.8 Å². The second-order valence-electron chi connectivity index (χ2n) is 8.80. The lowest BCUT2D eigenvalue weighted by Crippen LogP contribution is -2.63. The van der Waals surface area contributed by atoms with Gasteiger partial charge in [-0.05, 0) is 19.8 Å². The van der Waals surface area contributed by atoms with E-state index in [2.05, 4.69) is 5.32 Å². The van der Waals surface area contributed by atoms with E-state index in [9.17, 15) is 33.0 Å². The molecule has 1 unspecified atom stereocenters. The maximum Gasteiger partial charge on any atom is 0.353 e. The van der Waals surface area contributed by atoms with Crippen LogP contribution in [0.15, 0.2) is 10.6 Å². The number of carbonyl (C=O) groups excluding carboxylic acids is 2. The first-order chi connectivity index (χ1) is 15.0. The number of nitrogens with one attached hydrogen (secondary N) is 1.